The Labute approximate surface area is 192 Å². The normalized spacial score (nSPS) is 16.3. The Hall–Kier alpha value is -3.81. The number of methoxy groups -OCH3 is 1. The van der Waals surface area contributed by atoms with Gasteiger partial charge in [-0.15, -0.1) is 0 Å². The summed E-state index contributed by atoms with van der Waals surface area (Å²) in [5.41, 5.74) is 2.94. The number of amides is 2. The van der Waals surface area contributed by atoms with Crippen LogP contribution in [-0.2, 0) is 0 Å². The van der Waals surface area contributed by atoms with Crippen LogP contribution in [0.4, 0.5) is 4.79 Å². The van der Waals surface area contributed by atoms with Gasteiger partial charge in [-0.1, -0.05) is 55.4 Å². The number of carbonyl (C=O) groups excluding carboxylic acids is 1. The number of ether oxygens (including phenoxy) is 1. The Morgan fingerprint density at radius 2 is 1.97 bits per heavy atom. The predicted molar refractivity (Wildman–Crippen MR) is 124 cm³/mol. The lowest BCUT2D eigenvalue weighted by Crippen LogP contribution is -2.46. The zero-order valence-corrected chi connectivity index (χ0v) is 19.2. The third kappa shape index (κ3) is 4.55. The Bertz CT molecular complexity index is 1170. The third-order valence-corrected chi connectivity index (χ3v) is 5.75. The van der Waals surface area contributed by atoms with Gasteiger partial charge in [0.25, 0.3) is 5.89 Å². The van der Waals surface area contributed by atoms with Crippen LogP contribution < -0.4 is 10.1 Å². The van der Waals surface area contributed by atoms with Gasteiger partial charge in [0.1, 0.15) is 0 Å². The maximum absolute atomic E-state index is 13.0. The van der Waals surface area contributed by atoms with E-state index in [4.69, 9.17) is 9.26 Å². The second-order valence-corrected chi connectivity index (χ2v) is 8.44. The fourth-order valence-corrected chi connectivity index (χ4v) is 3.89. The van der Waals surface area contributed by atoms with Crippen LogP contribution in [0.5, 0.6) is 11.5 Å². The molecule has 0 fully saturated rings. The van der Waals surface area contributed by atoms with E-state index in [0.717, 1.165) is 17.7 Å². The van der Waals surface area contributed by atoms with Crippen LogP contribution in [0.1, 0.15) is 44.7 Å². The van der Waals surface area contributed by atoms with E-state index >= 15 is 0 Å². The zero-order chi connectivity index (χ0) is 23.5. The first kappa shape index (κ1) is 22.4. The summed E-state index contributed by atoms with van der Waals surface area (Å²) in [6, 6.07) is 13.8. The number of benzene rings is 2. The molecule has 1 aromatic heterocycles. The van der Waals surface area contributed by atoms with Gasteiger partial charge in [0.15, 0.2) is 11.5 Å². The molecule has 4 rings (SSSR count). The SMILES string of the molecule is COc1ccc(C2NC(=O)N(CCC(C)C)C(C)=C2c2nc(-c3ccccc3)no2)cc1O. The number of phenolic OH excluding ortho intramolecular Hbond substituents is 1. The molecule has 1 unspecified atom stereocenters. The molecule has 8 heteroatoms. The average Bonchev–Trinajstić information content (AvgIpc) is 3.28. The van der Waals surface area contributed by atoms with E-state index in [1.165, 1.54) is 7.11 Å². The quantitative estimate of drug-likeness (QED) is 0.528. The molecular formula is C25H28N4O4. The molecule has 2 amide bonds. The van der Waals surface area contributed by atoms with Crippen molar-refractivity contribution < 1.29 is 19.2 Å². The van der Waals surface area contributed by atoms with Crippen LogP contribution in [-0.4, -0.2) is 39.8 Å². The van der Waals surface area contributed by atoms with Crippen LogP contribution >= 0.6 is 0 Å². The molecule has 1 aliphatic rings. The van der Waals surface area contributed by atoms with Crippen LogP contribution in [0, 0.1) is 5.92 Å². The number of aromatic nitrogens is 2. The van der Waals surface area contributed by atoms with E-state index in [9.17, 15) is 9.90 Å². The maximum atomic E-state index is 13.0. The largest absolute Gasteiger partial charge is 0.504 e. The molecule has 0 radical (unpaired) electrons. The van der Waals surface area contributed by atoms with Crippen molar-refractivity contribution in [1.82, 2.24) is 20.4 Å². The molecule has 0 saturated carbocycles. The first-order valence-electron chi connectivity index (χ1n) is 10.9. The molecule has 33 heavy (non-hydrogen) atoms. The predicted octanol–water partition coefficient (Wildman–Crippen LogP) is 4.99. The molecule has 1 atom stereocenters. The second-order valence-electron chi connectivity index (χ2n) is 8.44. The van der Waals surface area contributed by atoms with E-state index in [0.29, 0.717) is 41.1 Å². The number of nitrogens with zero attached hydrogens (tertiary/aromatic N) is 3. The summed E-state index contributed by atoms with van der Waals surface area (Å²) in [4.78, 5) is 19.4. The lowest BCUT2D eigenvalue weighted by molar-refractivity contribution is 0.202. The highest BCUT2D eigenvalue weighted by atomic mass is 16.5. The minimum absolute atomic E-state index is 0.0148. The van der Waals surface area contributed by atoms with Gasteiger partial charge in [-0.2, -0.15) is 4.98 Å². The minimum Gasteiger partial charge on any atom is -0.504 e. The van der Waals surface area contributed by atoms with Gasteiger partial charge in [0.2, 0.25) is 5.82 Å². The van der Waals surface area contributed by atoms with E-state index in [1.807, 2.05) is 37.3 Å². The van der Waals surface area contributed by atoms with Gasteiger partial charge in [0.05, 0.1) is 18.7 Å². The molecule has 0 spiro atoms. The fraction of sp³-hybridized carbons (Fsp3) is 0.320. The molecule has 3 aromatic rings. The maximum Gasteiger partial charge on any atom is 0.322 e. The van der Waals surface area contributed by atoms with Crippen LogP contribution in [0.25, 0.3) is 17.0 Å². The monoisotopic (exact) mass is 448 g/mol. The number of allylic oxidation sites excluding steroid dienone is 1. The van der Waals surface area contributed by atoms with Crippen LogP contribution in [0.2, 0.25) is 0 Å². The van der Waals surface area contributed by atoms with Crippen molar-refractivity contribution in [2.75, 3.05) is 13.7 Å². The number of phenols is 1. The van der Waals surface area contributed by atoms with Crippen molar-refractivity contribution in [3.63, 3.8) is 0 Å². The molecule has 172 valence electrons. The van der Waals surface area contributed by atoms with Gasteiger partial charge in [0, 0.05) is 17.8 Å². The van der Waals surface area contributed by atoms with Gasteiger partial charge in [-0.05, 0) is 37.0 Å². The van der Waals surface area contributed by atoms with Crippen LogP contribution in [0.3, 0.4) is 0 Å². The van der Waals surface area contributed by atoms with Gasteiger partial charge in [-0.3, -0.25) is 4.90 Å². The summed E-state index contributed by atoms with van der Waals surface area (Å²) in [5.74, 6) is 1.57. The summed E-state index contributed by atoms with van der Waals surface area (Å²) >= 11 is 0. The van der Waals surface area contributed by atoms with Crippen LogP contribution in [0.15, 0.2) is 58.8 Å². The van der Waals surface area contributed by atoms with Gasteiger partial charge >= 0.3 is 6.03 Å². The van der Waals surface area contributed by atoms with Crippen molar-refractivity contribution >= 4 is 11.6 Å². The van der Waals surface area contributed by atoms with Gasteiger partial charge in [-0.25, -0.2) is 4.79 Å². The third-order valence-electron chi connectivity index (χ3n) is 5.75. The minimum atomic E-state index is -0.575. The highest BCUT2D eigenvalue weighted by Gasteiger charge is 2.36. The fourth-order valence-electron chi connectivity index (χ4n) is 3.89. The molecule has 2 aromatic carbocycles. The second kappa shape index (κ2) is 9.36. The Kier molecular flexibility index (Phi) is 6.35. The van der Waals surface area contributed by atoms with E-state index in [2.05, 4.69) is 29.3 Å². The zero-order valence-electron chi connectivity index (χ0n) is 19.2. The number of nitrogens with one attached hydrogen (secondary N) is 1. The summed E-state index contributed by atoms with van der Waals surface area (Å²) in [6.07, 6.45) is 0.852. The van der Waals surface area contributed by atoms with E-state index in [-0.39, 0.29) is 11.8 Å². The number of rotatable bonds is 7. The summed E-state index contributed by atoms with van der Waals surface area (Å²) in [5, 5.41) is 17.6. The average molecular weight is 449 g/mol. The summed E-state index contributed by atoms with van der Waals surface area (Å²) in [7, 11) is 1.49. The lowest BCUT2D eigenvalue weighted by atomic mass is 9.94. The smallest absolute Gasteiger partial charge is 0.322 e. The lowest BCUT2D eigenvalue weighted by Gasteiger charge is -2.35. The molecule has 2 N–H and O–H groups in total. The number of hydrogen-bond donors (Lipinski definition) is 2. The van der Waals surface area contributed by atoms with Crippen molar-refractivity contribution in [1.29, 1.82) is 0 Å². The van der Waals surface area contributed by atoms with E-state index in [1.54, 1.807) is 23.1 Å². The van der Waals surface area contributed by atoms with Gasteiger partial charge < -0.3 is 19.7 Å². The molecule has 8 nitrogen and oxygen atoms in total. The molecule has 0 bridgehead atoms. The topological polar surface area (TPSA) is 101 Å². The standard InChI is InChI=1S/C25H28N4O4/c1-15(2)12-13-29-16(3)21(24-27-23(28-33-24)17-8-6-5-7-9-17)22(26-25(29)31)18-10-11-20(32-4)19(30)14-18/h5-11,14-15,22,30H,12-13H2,1-4H3,(H,26,31). The van der Waals surface area contributed by atoms with Crippen molar-refractivity contribution in [2.45, 2.75) is 33.2 Å². The first-order chi connectivity index (χ1) is 15.9. The number of carbonyl (C=O) groups is 1. The number of hydrogen-bond acceptors (Lipinski definition) is 6. The van der Waals surface area contributed by atoms with Crippen molar-refractivity contribution in [2.24, 2.45) is 5.92 Å². The number of urea groups is 1. The Morgan fingerprint density at radius 3 is 2.64 bits per heavy atom. The van der Waals surface area contributed by atoms with Crippen molar-refractivity contribution in [3.05, 3.63) is 65.7 Å². The molecular weight excluding hydrogens is 420 g/mol. The summed E-state index contributed by atoms with van der Waals surface area (Å²) < 4.78 is 10.8. The molecule has 2 heterocycles. The Morgan fingerprint density at radius 1 is 1.21 bits per heavy atom. The Balaban J connectivity index is 1.80. The van der Waals surface area contributed by atoms with E-state index < -0.39 is 6.04 Å². The number of aromatic hydroxyl groups is 1. The molecule has 0 aliphatic carbocycles. The first-order valence-corrected chi connectivity index (χ1v) is 10.9. The summed E-state index contributed by atoms with van der Waals surface area (Å²) in [6.45, 7) is 6.69. The molecule has 0 saturated heterocycles. The highest BCUT2D eigenvalue weighted by molar-refractivity contribution is 5.87. The van der Waals surface area contributed by atoms with Crippen molar-refractivity contribution in [3.8, 4) is 22.9 Å². The highest BCUT2D eigenvalue weighted by Crippen LogP contribution is 2.39. The molecule has 1 aliphatic heterocycles.